The Kier molecular flexibility index (Phi) is 6.53. The Balaban J connectivity index is 0.00000208. The highest BCUT2D eigenvalue weighted by atomic mass is 127. The average Bonchev–Trinajstić information content (AvgIpc) is 2.99. The molecule has 0 amide bonds. The molecule has 3 nitrogen and oxygen atoms in total. The predicted octanol–water partition coefficient (Wildman–Crippen LogP) is 3.76. The van der Waals surface area contributed by atoms with E-state index in [0.29, 0.717) is 18.5 Å². The molecule has 1 aliphatic heterocycles. The predicted molar refractivity (Wildman–Crippen MR) is 104 cm³/mol. The Hall–Kier alpha value is -1.70. The summed E-state index contributed by atoms with van der Waals surface area (Å²) in [5.74, 6) is -0.817. The first-order chi connectivity index (χ1) is 11.2. The van der Waals surface area contributed by atoms with E-state index < -0.39 is 11.6 Å². The van der Waals surface area contributed by atoms with Gasteiger partial charge in [0, 0.05) is 25.8 Å². The Morgan fingerprint density at radius 2 is 1.96 bits per heavy atom. The second-order valence-corrected chi connectivity index (χ2v) is 5.47. The van der Waals surface area contributed by atoms with Crippen molar-refractivity contribution in [2.24, 2.45) is 4.99 Å². The maximum absolute atomic E-state index is 13.7. The maximum atomic E-state index is 13.7. The number of halogens is 3. The average molecular weight is 443 g/mol. The van der Waals surface area contributed by atoms with Gasteiger partial charge in [0.2, 0.25) is 0 Å². The molecule has 24 heavy (non-hydrogen) atoms. The van der Waals surface area contributed by atoms with Crippen LogP contribution in [0.4, 0.5) is 14.5 Å². The summed E-state index contributed by atoms with van der Waals surface area (Å²) in [6.45, 7) is 1.36. The van der Waals surface area contributed by atoms with Crippen LogP contribution in [0, 0.1) is 11.6 Å². The van der Waals surface area contributed by atoms with Crippen LogP contribution < -0.4 is 10.2 Å². The van der Waals surface area contributed by atoms with Crippen molar-refractivity contribution in [3.63, 3.8) is 0 Å². The molecule has 0 unspecified atom stereocenters. The van der Waals surface area contributed by atoms with Crippen LogP contribution in [0.5, 0.6) is 0 Å². The molecular formula is C18H20F2IN3. The molecule has 3 rings (SSSR count). The lowest BCUT2D eigenvalue weighted by Crippen LogP contribution is -2.41. The summed E-state index contributed by atoms with van der Waals surface area (Å²) in [6.07, 6.45) is 1.38. The van der Waals surface area contributed by atoms with Crippen molar-refractivity contribution in [3.8, 4) is 0 Å². The summed E-state index contributed by atoms with van der Waals surface area (Å²) in [5, 5.41) is 3.23. The van der Waals surface area contributed by atoms with Crippen LogP contribution in [-0.4, -0.2) is 26.1 Å². The largest absolute Gasteiger partial charge is 0.356 e. The first kappa shape index (κ1) is 18.6. The lowest BCUT2D eigenvalue weighted by atomic mass is 10.1. The molecule has 0 atom stereocenters. The first-order valence-electron chi connectivity index (χ1n) is 7.69. The molecule has 0 radical (unpaired) electrons. The van der Waals surface area contributed by atoms with Gasteiger partial charge in [0.1, 0.15) is 0 Å². The van der Waals surface area contributed by atoms with E-state index in [1.54, 1.807) is 13.1 Å². The molecule has 2 aromatic carbocycles. The number of nitrogens with one attached hydrogen (secondary N) is 1. The molecule has 128 valence electrons. The number of benzene rings is 2. The van der Waals surface area contributed by atoms with E-state index in [4.69, 9.17) is 0 Å². The number of fused-ring (bicyclic) bond motifs is 1. The molecule has 1 N–H and O–H groups in total. The number of hydrogen-bond acceptors (Lipinski definition) is 1. The fourth-order valence-electron chi connectivity index (χ4n) is 2.90. The molecule has 1 heterocycles. The number of hydrogen-bond donors (Lipinski definition) is 1. The SMILES string of the molecule is CN=C(NCCc1cccc(F)c1F)N1CCc2ccccc21.I. The number of rotatable bonds is 3. The van der Waals surface area contributed by atoms with Crippen molar-refractivity contribution in [2.75, 3.05) is 25.0 Å². The molecule has 0 fully saturated rings. The van der Waals surface area contributed by atoms with Crippen LogP contribution in [0.25, 0.3) is 0 Å². The van der Waals surface area contributed by atoms with Crippen LogP contribution in [0.1, 0.15) is 11.1 Å². The van der Waals surface area contributed by atoms with Gasteiger partial charge in [0.05, 0.1) is 0 Å². The Morgan fingerprint density at radius 1 is 1.17 bits per heavy atom. The number of para-hydroxylation sites is 1. The van der Waals surface area contributed by atoms with Gasteiger partial charge in [-0.15, -0.1) is 24.0 Å². The highest BCUT2D eigenvalue weighted by molar-refractivity contribution is 14.0. The topological polar surface area (TPSA) is 27.6 Å². The highest BCUT2D eigenvalue weighted by Crippen LogP contribution is 2.27. The Morgan fingerprint density at radius 3 is 2.75 bits per heavy atom. The standard InChI is InChI=1S/C18H19F2N3.HI/c1-21-18(23-12-10-13-5-2-3-8-16(13)23)22-11-9-14-6-4-7-15(19)17(14)20;/h2-8H,9-12H2,1H3,(H,21,22);1H. The van der Waals surface area contributed by atoms with Gasteiger partial charge in [-0.3, -0.25) is 4.99 Å². The second-order valence-electron chi connectivity index (χ2n) is 5.47. The molecular weight excluding hydrogens is 423 g/mol. The van der Waals surface area contributed by atoms with Crippen LogP contribution in [-0.2, 0) is 12.8 Å². The van der Waals surface area contributed by atoms with Crippen LogP contribution in [0.15, 0.2) is 47.5 Å². The summed E-state index contributed by atoms with van der Waals surface area (Å²) in [4.78, 5) is 6.43. The van der Waals surface area contributed by atoms with Gasteiger partial charge in [0.15, 0.2) is 17.6 Å². The number of nitrogens with zero attached hydrogens (tertiary/aromatic N) is 2. The van der Waals surface area contributed by atoms with E-state index in [2.05, 4.69) is 27.3 Å². The lowest BCUT2D eigenvalue weighted by Gasteiger charge is -2.22. The van der Waals surface area contributed by atoms with Crippen molar-refractivity contribution in [3.05, 3.63) is 65.2 Å². The van der Waals surface area contributed by atoms with Gasteiger partial charge in [-0.05, 0) is 36.1 Å². The van der Waals surface area contributed by atoms with E-state index >= 15 is 0 Å². The zero-order valence-corrected chi connectivity index (χ0v) is 15.8. The molecule has 1 aliphatic rings. The quantitative estimate of drug-likeness (QED) is 0.445. The Labute approximate surface area is 157 Å². The van der Waals surface area contributed by atoms with Crippen LogP contribution >= 0.6 is 24.0 Å². The van der Waals surface area contributed by atoms with Crippen molar-refractivity contribution in [1.29, 1.82) is 0 Å². The zero-order valence-electron chi connectivity index (χ0n) is 13.4. The summed E-state index contributed by atoms with van der Waals surface area (Å²) in [6, 6.07) is 12.5. The van der Waals surface area contributed by atoms with Crippen LogP contribution in [0.3, 0.4) is 0 Å². The van der Waals surface area contributed by atoms with Gasteiger partial charge >= 0.3 is 0 Å². The second kappa shape index (κ2) is 8.41. The fourth-order valence-corrected chi connectivity index (χ4v) is 2.90. The van der Waals surface area contributed by atoms with Crippen molar-refractivity contribution >= 4 is 35.6 Å². The molecule has 0 spiro atoms. The van der Waals surface area contributed by atoms with E-state index in [1.807, 2.05) is 12.1 Å². The highest BCUT2D eigenvalue weighted by Gasteiger charge is 2.22. The first-order valence-corrected chi connectivity index (χ1v) is 7.69. The number of anilines is 1. The van der Waals surface area contributed by atoms with Gasteiger partial charge in [-0.25, -0.2) is 8.78 Å². The Bertz CT molecular complexity index is 734. The third-order valence-corrected chi connectivity index (χ3v) is 4.06. The van der Waals surface area contributed by atoms with Gasteiger partial charge < -0.3 is 10.2 Å². The summed E-state index contributed by atoms with van der Waals surface area (Å²) < 4.78 is 26.9. The minimum atomic E-state index is -0.805. The third-order valence-electron chi connectivity index (χ3n) is 4.06. The van der Waals surface area contributed by atoms with E-state index in [0.717, 1.165) is 30.7 Å². The molecule has 0 saturated carbocycles. The van der Waals surface area contributed by atoms with Crippen molar-refractivity contribution < 1.29 is 8.78 Å². The monoisotopic (exact) mass is 443 g/mol. The minimum absolute atomic E-state index is 0. The third kappa shape index (κ3) is 3.85. The molecule has 0 aromatic heterocycles. The summed E-state index contributed by atoms with van der Waals surface area (Å²) >= 11 is 0. The smallest absolute Gasteiger partial charge is 0.198 e. The molecule has 0 aliphatic carbocycles. The van der Waals surface area contributed by atoms with E-state index in [9.17, 15) is 8.78 Å². The zero-order chi connectivity index (χ0) is 16.2. The van der Waals surface area contributed by atoms with Crippen molar-refractivity contribution in [1.82, 2.24) is 5.32 Å². The molecule has 2 aromatic rings. The van der Waals surface area contributed by atoms with E-state index in [1.165, 1.54) is 11.6 Å². The molecule has 6 heteroatoms. The normalized spacial score (nSPS) is 13.5. The number of guanidine groups is 1. The van der Waals surface area contributed by atoms with Gasteiger partial charge in [0.25, 0.3) is 0 Å². The molecule has 0 saturated heterocycles. The summed E-state index contributed by atoms with van der Waals surface area (Å²) in [7, 11) is 1.73. The summed E-state index contributed by atoms with van der Waals surface area (Å²) in [5.41, 5.74) is 2.82. The molecule has 0 bridgehead atoms. The maximum Gasteiger partial charge on any atom is 0.198 e. The fraction of sp³-hybridized carbons (Fsp3) is 0.278. The van der Waals surface area contributed by atoms with Gasteiger partial charge in [-0.2, -0.15) is 0 Å². The van der Waals surface area contributed by atoms with Crippen molar-refractivity contribution in [2.45, 2.75) is 12.8 Å². The minimum Gasteiger partial charge on any atom is -0.356 e. The van der Waals surface area contributed by atoms with Gasteiger partial charge in [-0.1, -0.05) is 30.3 Å². The van der Waals surface area contributed by atoms with Crippen LogP contribution in [0.2, 0.25) is 0 Å². The lowest BCUT2D eigenvalue weighted by molar-refractivity contribution is 0.498. The number of aliphatic imine (C=N–C) groups is 1. The van der Waals surface area contributed by atoms with E-state index in [-0.39, 0.29) is 24.0 Å².